The van der Waals surface area contributed by atoms with Gasteiger partial charge in [-0.1, -0.05) is 13.8 Å². The molecule has 2 aliphatic heterocycles. The third-order valence-electron chi connectivity index (χ3n) is 5.20. The number of carbonyl (C=O) groups excluding carboxylic acids is 2. The van der Waals surface area contributed by atoms with Gasteiger partial charge in [-0.25, -0.2) is 0 Å². The number of hydrogen-bond acceptors (Lipinski definition) is 3. The van der Waals surface area contributed by atoms with Crippen molar-refractivity contribution in [1.29, 1.82) is 0 Å². The molecule has 1 aromatic carbocycles. The van der Waals surface area contributed by atoms with E-state index in [1.165, 1.54) is 0 Å². The summed E-state index contributed by atoms with van der Waals surface area (Å²) in [5, 5.41) is 0. The van der Waals surface area contributed by atoms with Crippen molar-refractivity contribution >= 4 is 17.5 Å². The van der Waals surface area contributed by atoms with E-state index >= 15 is 0 Å². The van der Waals surface area contributed by atoms with Gasteiger partial charge in [0.1, 0.15) is 0 Å². The van der Waals surface area contributed by atoms with Crippen molar-refractivity contribution in [2.75, 3.05) is 24.5 Å². The summed E-state index contributed by atoms with van der Waals surface area (Å²) < 4.78 is 0. The first-order chi connectivity index (χ1) is 10.8. The number of benzene rings is 1. The van der Waals surface area contributed by atoms with Gasteiger partial charge in [-0.05, 0) is 42.0 Å². The fourth-order valence-electron chi connectivity index (χ4n) is 3.59. The van der Waals surface area contributed by atoms with Crippen LogP contribution < -0.4 is 10.6 Å². The number of rotatable bonds is 1. The highest BCUT2D eigenvalue weighted by Gasteiger charge is 2.35. The minimum atomic E-state index is -0.0595. The normalized spacial score (nSPS) is 22.9. The lowest BCUT2D eigenvalue weighted by Crippen LogP contribution is -2.54. The van der Waals surface area contributed by atoms with E-state index in [1.54, 1.807) is 11.8 Å². The molecule has 2 aliphatic rings. The highest BCUT2D eigenvalue weighted by atomic mass is 16.2. The Labute approximate surface area is 137 Å². The lowest BCUT2D eigenvalue weighted by molar-refractivity contribution is -0.116. The van der Waals surface area contributed by atoms with Gasteiger partial charge < -0.3 is 15.5 Å². The predicted molar refractivity (Wildman–Crippen MR) is 90.4 cm³/mol. The first-order valence-corrected chi connectivity index (χ1v) is 8.25. The molecule has 0 radical (unpaired) electrons. The van der Waals surface area contributed by atoms with Gasteiger partial charge in [-0.2, -0.15) is 0 Å². The van der Waals surface area contributed by atoms with Crippen LogP contribution in [0.25, 0.3) is 0 Å². The molecule has 0 spiro atoms. The quantitative estimate of drug-likeness (QED) is 0.859. The van der Waals surface area contributed by atoms with E-state index in [1.807, 2.05) is 23.1 Å². The van der Waals surface area contributed by atoms with E-state index in [0.29, 0.717) is 25.2 Å². The lowest BCUT2D eigenvalue weighted by atomic mass is 9.79. The molecule has 0 bridgehead atoms. The average molecular weight is 315 g/mol. The minimum Gasteiger partial charge on any atom is -0.338 e. The molecule has 124 valence electrons. The van der Waals surface area contributed by atoms with E-state index in [9.17, 15) is 9.59 Å². The SMILES string of the molecule is CC(=O)N1CCc2cc(C(=O)N3CCC(N)C(C)(C)C3)ccc21. The highest BCUT2D eigenvalue weighted by Crippen LogP contribution is 2.31. The number of piperidine rings is 1. The summed E-state index contributed by atoms with van der Waals surface area (Å²) in [4.78, 5) is 28.1. The minimum absolute atomic E-state index is 0.0506. The number of nitrogens with zero attached hydrogens (tertiary/aromatic N) is 2. The summed E-state index contributed by atoms with van der Waals surface area (Å²) in [6.07, 6.45) is 1.65. The number of anilines is 1. The highest BCUT2D eigenvalue weighted by molar-refractivity contribution is 5.98. The van der Waals surface area contributed by atoms with Gasteiger partial charge in [0.05, 0.1) is 0 Å². The van der Waals surface area contributed by atoms with Gasteiger partial charge in [0, 0.05) is 43.9 Å². The van der Waals surface area contributed by atoms with Crippen LogP contribution >= 0.6 is 0 Å². The summed E-state index contributed by atoms with van der Waals surface area (Å²) in [6.45, 7) is 7.90. The molecule has 1 atom stereocenters. The number of nitrogens with two attached hydrogens (primary N) is 1. The van der Waals surface area contributed by atoms with E-state index in [2.05, 4.69) is 13.8 Å². The number of hydrogen-bond donors (Lipinski definition) is 1. The summed E-state index contributed by atoms with van der Waals surface area (Å²) in [7, 11) is 0. The largest absolute Gasteiger partial charge is 0.338 e. The van der Waals surface area contributed by atoms with Crippen LogP contribution in [0.4, 0.5) is 5.69 Å². The van der Waals surface area contributed by atoms with Crippen molar-refractivity contribution in [3.05, 3.63) is 29.3 Å². The lowest BCUT2D eigenvalue weighted by Gasteiger charge is -2.42. The Morgan fingerprint density at radius 3 is 2.65 bits per heavy atom. The Kier molecular flexibility index (Phi) is 3.92. The zero-order valence-electron chi connectivity index (χ0n) is 14.1. The van der Waals surface area contributed by atoms with Crippen molar-refractivity contribution in [2.24, 2.45) is 11.1 Å². The topological polar surface area (TPSA) is 66.6 Å². The second-order valence-electron chi connectivity index (χ2n) is 7.37. The Bertz CT molecular complexity index is 654. The third-order valence-corrected chi connectivity index (χ3v) is 5.20. The van der Waals surface area contributed by atoms with Gasteiger partial charge in [0.2, 0.25) is 5.91 Å². The molecule has 5 nitrogen and oxygen atoms in total. The Morgan fingerprint density at radius 2 is 2.00 bits per heavy atom. The number of likely N-dealkylation sites (tertiary alicyclic amines) is 1. The molecule has 23 heavy (non-hydrogen) atoms. The molecular formula is C18H25N3O2. The summed E-state index contributed by atoms with van der Waals surface area (Å²) in [5.41, 5.74) is 8.83. The van der Waals surface area contributed by atoms with Crippen LogP contribution in [0, 0.1) is 5.41 Å². The van der Waals surface area contributed by atoms with Crippen molar-refractivity contribution in [3.8, 4) is 0 Å². The Balaban J connectivity index is 1.81. The van der Waals surface area contributed by atoms with E-state index in [0.717, 1.165) is 24.1 Å². The molecule has 3 rings (SSSR count). The second-order valence-corrected chi connectivity index (χ2v) is 7.37. The molecule has 1 unspecified atom stereocenters. The third kappa shape index (κ3) is 2.85. The molecule has 2 heterocycles. The molecule has 0 aromatic heterocycles. The Hall–Kier alpha value is -1.88. The number of carbonyl (C=O) groups is 2. The van der Waals surface area contributed by atoms with E-state index in [-0.39, 0.29) is 23.3 Å². The average Bonchev–Trinajstić information content (AvgIpc) is 2.92. The summed E-state index contributed by atoms with van der Waals surface area (Å²) in [6, 6.07) is 5.82. The van der Waals surface area contributed by atoms with Crippen LogP contribution in [-0.4, -0.2) is 42.4 Å². The van der Waals surface area contributed by atoms with Crippen molar-refractivity contribution < 1.29 is 9.59 Å². The molecule has 0 aliphatic carbocycles. The van der Waals surface area contributed by atoms with Crippen LogP contribution in [0.5, 0.6) is 0 Å². The number of amides is 2. The fraction of sp³-hybridized carbons (Fsp3) is 0.556. The molecule has 1 aromatic rings. The fourth-order valence-corrected chi connectivity index (χ4v) is 3.59. The van der Waals surface area contributed by atoms with E-state index < -0.39 is 0 Å². The molecule has 2 N–H and O–H groups in total. The van der Waals surface area contributed by atoms with Gasteiger partial charge >= 0.3 is 0 Å². The van der Waals surface area contributed by atoms with Crippen molar-refractivity contribution in [3.63, 3.8) is 0 Å². The first-order valence-electron chi connectivity index (χ1n) is 8.25. The molecule has 5 heteroatoms. The van der Waals surface area contributed by atoms with Crippen molar-refractivity contribution in [2.45, 2.75) is 39.7 Å². The molecule has 1 saturated heterocycles. The maximum absolute atomic E-state index is 12.8. The zero-order valence-corrected chi connectivity index (χ0v) is 14.1. The monoisotopic (exact) mass is 315 g/mol. The van der Waals surface area contributed by atoms with Gasteiger partial charge in [-0.3, -0.25) is 9.59 Å². The second kappa shape index (κ2) is 5.64. The summed E-state index contributed by atoms with van der Waals surface area (Å²) >= 11 is 0. The predicted octanol–water partition coefficient (Wildman–Crippen LogP) is 1.79. The first kappa shape index (κ1) is 16.0. The van der Waals surface area contributed by atoms with E-state index in [4.69, 9.17) is 5.73 Å². The Morgan fingerprint density at radius 1 is 1.26 bits per heavy atom. The van der Waals surface area contributed by atoms with Crippen LogP contribution in [0.2, 0.25) is 0 Å². The molecule has 0 saturated carbocycles. The van der Waals surface area contributed by atoms with Gasteiger partial charge in [-0.15, -0.1) is 0 Å². The van der Waals surface area contributed by atoms with Gasteiger partial charge in [0.15, 0.2) is 0 Å². The van der Waals surface area contributed by atoms with Gasteiger partial charge in [0.25, 0.3) is 5.91 Å². The molecule has 2 amide bonds. The molecular weight excluding hydrogens is 290 g/mol. The maximum Gasteiger partial charge on any atom is 0.253 e. The smallest absolute Gasteiger partial charge is 0.253 e. The number of fused-ring (bicyclic) bond motifs is 1. The van der Waals surface area contributed by atoms with Crippen LogP contribution in [0.15, 0.2) is 18.2 Å². The maximum atomic E-state index is 12.8. The van der Waals surface area contributed by atoms with Crippen LogP contribution in [0.1, 0.15) is 43.1 Å². The zero-order chi connectivity index (χ0) is 16.8. The molecule has 1 fully saturated rings. The van der Waals surface area contributed by atoms with Crippen LogP contribution in [-0.2, 0) is 11.2 Å². The standard InChI is InChI=1S/C18H25N3O2/c1-12(22)21-9-6-13-10-14(4-5-15(13)21)17(23)20-8-7-16(19)18(2,3)11-20/h4-5,10,16H,6-9,11,19H2,1-3H3. The summed E-state index contributed by atoms with van der Waals surface area (Å²) in [5.74, 6) is 0.114. The van der Waals surface area contributed by atoms with Crippen LogP contribution in [0.3, 0.4) is 0 Å². The van der Waals surface area contributed by atoms with Crippen molar-refractivity contribution in [1.82, 2.24) is 4.90 Å².